The second-order valence-corrected chi connectivity index (χ2v) is 8.77. The molecule has 0 saturated heterocycles. The minimum absolute atomic E-state index is 0.124. The predicted octanol–water partition coefficient (Wildman–Crippen LogP) is 3.96. The van der Waals surface area contributed by atoms with Gasteiger partial charge in [0, 0.05) is 28.3 Å². The summed E-state index contributed by atoms with van der Waals surface area (Å²) in [6.07, 6.45) is 5.93. The van der Waals surface area contributed by atoms with Crippen molar-refractivity contribution in [2.45, 2.75) is 38.1 Å². The van der Waals surface area contributed by atoms with E-state index in [4.69, 9.17) is 0 Å². The fourth-order valence-electron chi connectivity index (χ4n) is 3.33. The van der Waals surface area contributed by atoms with Crippen molar-refractivity contribution in [2.75, 3.05) is 10.7 Å². The number of thioether (sulfide) groups is 1. The highest BCUT2D eigenvalue weighted by Gasteiger charge is 2.29. The molecule has 8 nitrogen and oxygen atoms in total. The summed E-state index contributed by atoms with van der Waals surface area (Å²) in [7, 11) is 0. The Hall–Kier alpha value is -3.20. The van der Waals surface area contributed by atoms with Crippen LogP contribution < -0.4 is 10.7 Å². The first-order chi connectivity index (χ1) is 14.5. The normalized spacial score (nSPS) is 15.5. The number of anilines is 2. The third kappa shape index (κ3) is 3.93. The maximum atomic E-state index is 11.9. The van der Waals surface area contributed by atoms with Crippen LogP contribution in [0.2, 0.25) is 0 Å². The molecule has 0 atom stereocenters. The van der Waals surface area contributed by atoms with Crippen LogP contribution >= 0.6 is 11.8 Å². The Kier molecular flexibility index (Phi) is 4.74. The van der Waals surface area contributed by atoms with Gasteiger partial charge in [-0.2, -0.15) is 5.10 Å². The lowest BCUT2D eigenvalue weighted by Gasteiger charge is -2.28. The standard InChI is InChI=1S/C21H23N7OS/c1-13-9-19(25-24-13)26-27-10-18-14(2)22-12-28(18)20(11-27)30-17-7-5-16(6-8-17)23-21(29)15-3-4-15/h5-9,11-12,15H,3-4,10H2,1-2H3,(H,23,29)(H2,24,25,26). The molecular weight excluding hydrogens is 398 g/mol. The van der Waals surface area contributed by atoms with Gasteiger partial charge in [0.05, 0.1) is 24.1 Å². The van der Waals surface area contributed by atoms with Gasteiger partial charge in [-0.05, 0) is 51.0 Å². The first kappa shape index (κ1) is 18.8. The average molecular weight is 422 g/mol. The number of hydrazine groups is 1. The quantitative estimate of drug-likeness (QED) is 0.558. The van der Waals surface area contributed by atoms with Crippen LogP contribution in [-0.2, 0) is 11.3 Å². The first-order valence-electron chi connectivity index (χ1n) is 9.94. The van der Waals surface area contributed by atoms with E-state index in [-0.39, 0.29) is 11.8 Å². The highest BCUT2D eigenvalue weighted by Crippen LogP contribution is 2.36. The number of nitrogens with one attached hydrogen (secondary N) is 3. The molecule has 0 unspecified atom stereocenters. The van der Waals surface area contributed by atoms with E-state index in [0.29, 0.717) is 6.54 Å². The highest BCUT2D eigenvalue weighted by atomic mass is 32.2. The molecule has 154 valence electrons. The van der Waals surface area contributed by atoms with Crippen molar-refractivity contribution < 1.29 is 4.79 Å². The van der Waals surface area contributed by atoms with E-state index < -0.39 is 0 Å². The molecule has 2 aromatic heterocycles. The van der Waals surface area contributed by atoms with E-state index in [1.54, 1.807) is 11.8 Å². The van der Waals surface area contributed by atoms with E-state index in [9.17, 15) is 4.79 Å². The summed E-state index contributed by atoms with van der Waals surface area (Å²) in [5.74, 6) is 1.10. The van der Waals surface area contributed by atoms with Gasteiger partial charge in [-0.15, -0.1) is 0 Å². The number of hydrogen-bond acceptors (Lipinski definition) is 6. The van der Waals surface area contributed by atoms with E-state index >= 15 is 0 Å². The van der Waals surface area contributed by atoms with Gasteiger partial charge in [0.15, 0.2) is 5.82 Å². The zero-order valence-corrected chi connectivity index (χ0v) is 17.7. The SMILES string of the molecule is Cc1cc(NN2C=C(Sc3ccc(NC(=O)C4CC4)cc3)n3cnc(C)c3C2)n[nH]1. The van der Waals surface area contributed by atoms with Crippen molar-refractivity contribution in [1.82, 2.24) is 24.8 Å². The summed E-state index contributed by atoms with van der Waals surface area (Å²) in [6, 6.07) is 9.93. The van der Waals surface area contributed by atoms with Gasteiger partial charge < -0.3 is 5.32 Å². The minimum Gasteiger partial charge on any atom is -0.326 e. The number of aromatic nitrogens is 4. The molecule has 1 aliphatic heterocycles. The Bertz CT molecular complexity index is 1110. The third-order valence-corrected chi connectivity index (χ3v) is 6.17. The van der Waals surface area contributed by atoms with Crippen molar-refractivity contribution in [2.24, 2.45) is 5.92 Å². The number of carbonyl (C=O) groups is 1. The van der Waals surface area contributed by atoms with Crippen LogP contribution in [0.1, 0.15) is 29.9 Å². The van der Waals surface area contributed by atoms with Crippen molar-refractivity contribution >= 4 is 34.2 Å². The van der Waals surface area contributed by atoms with Gasteiger partial charge in [-0.25, -0.2) is 4.98 Å². The van der Waals surface area contributed by atoms with Gasteiger partial charge in [-0.3, -0.25) is 24.9 Å². The number of imidazole rings is 1. The smallest absolute Gasteiger partial charge is 0.227 e. The molecule has 0 spiro atoms. The summed E-state index contributed by atoms with van der Waals surface area (Å²) in [4.78, 5) is 17.5. The van der Waals surface area contributed by atoms with Gasteiger partial charge in [0.2, 0.25) is 5.91 Å². The molecule has 1 saturated carbocycles. The summed E-state index contributed by atoms with van der Waals surface area (Å²) in [5, 5.41) is 13.3. The van der Waals surface area contributed by atoms with Crippen LogP contribution in [0.25, 0.3) is 5.03 Å². The lowest BCUT2D eigenvalue weighted by atomic mass is 10.3. The van der Waals surface area contributed by atoms with Crippen LogP contribution in [-0.4, -0.2) is 30.7 Å². The van der Waals surface area contributed by atoms with Crippen molar-refractivity contribution in [3.63, 3.8) is 0 Å². The van der Waals surface area contributed by atoms with Gasteiger partial charge in [0.1, 0.15) is 11.4 Å². The fraction of sp³-hybridized carbons (Fsp3) is 0.286. The molecule has 5 rings (SSSR count). The third-order valence-electron chi connectivity index (χ3n) is 5.16. The molecule has 1 aromatic carbocycles. The van der Waals surface area contributed by atoms with E-state index in [1.165, 1.54) is 0 Å². The molecule has 0 bridgehead atoms. The molecule has 2 aliphatic rings. The molecule has 30 heavy (non-hydrogen) atoms. The predicted molar refractivity (Wildman–Crippen MR) is 117 cm³/mol. The molecule has 1 fully saturated rings. The topological polar surface area (TPSA) is 90.9 Å². The van der Waals surface area contributed by atoms with Gasteiger partial charge >= 0.3 is 0 Å². The largest absolute Gasteiger partial charge is 0.326 e. The summed E-state index contributed by atoms with van der Waals surface area (Å²) < 4.78 is 2.12. The monoisotopic (exact) mass is 421 g/mol. The van der Waals surface area contributed by atoms with E-state index in [2.05, 4.69) is 36.7 Å². The Morgan fingerprint density at radius 2 is 2.03 bits per heavy atom. The molecule has 1 aliphatic carbocycles. The molecule has 9 heteroatoms. The Labute approximate surface area is 178 Å². The molecule has 3 N–H and O–H groups in total. The van der Waals surface area contributed by atoms with Crippen LogP contribution in [0.5, 0.6) is 0 Å². The number of hydrogen-bond donors (Lipinski definition) is 3. The van der Waals surface area contributed by atoms with Crippen molar-refractivity contribution in [3.05, 3.63) is 59.9 Å². The number of carbonyl (C=O) groups excluding carboxylic acids is 1. The van der Waals surface area contributed by atoms with Crippen LogP contribution in [0.4, 0.5) is 11.5 Å². The number of H-pyrrole nitrogens is 1. The fourth-order valence-corrected chi connectivity index (χ4v) is 4.28. The maximum absolute atomic E-state index is 11.9. The number of benzene rings is 1. The molecule has 0 radical (unpaired) electrons. The number of aromatic amines is 1. The lowest BCUT2D eigenvalue weighted by molar-refractivity contribution is -0.117. The van der Waals surface area contributed by atoms with E-state index in [1.807, 2.05) is 55.5 Å². The van der Waals surface area contributed by atoms with E-state index in [0.717, 1.165) is 51.4 Å². The number of rotatable bonds is 6. The minimum atomic E-state index is 0.124. The Morgan fingerprint density at radius 3 is 2.73 bits per heavy atom. The number of aryl methyl sites for hydroxylation is 2. The zero-order chi connectivity index (χ0) is 20.7. The second kappa shape index (κ2) is 7.56. The van der Waals surface area contributed by atoms with Crippen LogP contribution in [0.15, 0.2) is 47.8 Å². The van der Waals surface area contributed by atoms with Crippen LogP contribution in [0.3, 0.4) is 0 Å². The number of amides is 1. The first-order valence-corrected chi connectivity index (χ1v) is 10.8. The summed E-state index contributed by atoms with van der Waals surface area (Å²) in [6.45, 7) is 4.68. The lowest BCUT2D eigenvalue weighted by Crippen LogP contribution is -2.29. The average Bonchev–Trinajstić information content (AvgIpc) is 3.41. The second-order valence-electron chi connectivity index (χ2n) is 7.68. The number of fused-ring (bicyclic) bond motifs is 1. The molecule has 3 heterocycles. The van der Waals surface area contributed by atoms with Gasteiger partial charge in [-0.1, -0.05) is 11.8 Å². The highest BCUT2D eigenvalue weighted by molar-refractivity contribution is 8.08. The van der Waals surface area contributed by atoms with Crippen molar-refractivity contribution in [3.8, 4) is 0 Å². The maximum Gasteiger partial charge on any atom is 0.227 e. The summed E-state index contributed by atoms with van der Waals surface area (Å²) in [5.41, 5.74) is 7.31. The Balaban J connectivity index is 1.34. The molecular formula is C21H23N7OS. The molecule has 1 amide bonds. The van der Waals surface area contributed by atoms with Crippen LogP contribution in [0, 0.1) is 19.8 Å². The van der Waals surface area contributed by atoms with Crippen molar-refractivity contribution in [1.29, 1.82) is 0 Å². The zero-order valence-electron chi connectivity index (χ0n) is 16.8. The Morgan fingerprint density at radius 1 is 1.23 bits per heavy atom. The molecule has 3 aromatic rings. The van der Waals surface area contributed by atoms with Gasteiger partial charge in [0.25, 0.3) is 0 Å². The summed E-state index contributed by atoms with van der Waals surface area (Å²) >= 11 is 1.65. The number of nitrogens with zero attached hydrogens (tertiary/aromatic N) is 4.